The number of nitrogens with zero attached hydrogens (tertiary/aromatic N) is 1. The first kappa shape index (κ1) is 9.25. The van der Waals surface area contributed by atoms with Crippen LogP contribution in [0.2, 0.25) is 0 Å². The maximum Gasteiger partial charge on any atom is 0.0923 e. The minimum absolute atomic E-state index is 0.206. The summed E-state index contributed by atoms with van der Waals surface area (Å²) < 4.78 is 0. The maximum absolute atomic E-state index is 4.22. The van der Waals surface area contributed by atoms with E-state index in [4.69, 9.17) is 0 Å². The standard InChI is InChI=1S/C12H16N2/c1-8-10-7-9(12(2,3)4)5-6-11(10)14-13-8/h5-7H,1-4H3,(H,13,14). The molecule has 0 aliphatic carbocycles. The minimum Gasteiger partial charge on any atom is -0.282 e. The van der Waals surface area contributed by atoms with Gasteiger partial charge < -0.3 is 0 Å². The van der Waals surface area contributed by atoms with Gasteiger partial charge in [-0.15, -0.1) is 0 Å². The number of aromatic amines is 1. The van der Waals surface area contributed by atoms with Gasteiger partial charge >= 0.3 is 0 Å². The second kappa shape index (κ2) is 2.84. The van der Waals surface area contributed by atoms with Crippen molar-refractivity contribution in [2.24, 2.45) is 0 Å². The fourth-order valence-corrected chi connectivity index (χ4v) is 1.60. The highest BCUT2D eigenvalue weighted by atomic mass is 15.1. The lowest BCUT2D eigenvalue weighted by molar-refractivity contribution is 0.591. The molecule has 0 bridgehead atoms. The fraction of sp³-hybridized carbons (Fsp3) is 0.417. The number of nitrogens with one attached hydrogen (secondary N) is 1. The molecule has 0 amide bonds. The molecule has 0 aliphatic heterocycles. The van der Waals surface area contributed by atoms with Gasteiger partial charge in [0.25, 0.3) is 0 Å². The molecule has 0 atom stereocenters. The lowest BCUT2D eigenvalue weighted by Crippen LogP contribution is -2.10. The van der Waals surface area contributed by atoms with Crippen molar-refractivity contribution in [2.75, 3.05) is 0 Å². The predicted molar refractivity (Wildman–Crippen MR) is 59.5 cm³/mol. The average Bonchev–Trinajstić information content (AvgIpc) is 2.46. The zero-order valence-electron chi connectivity index (χ0n) is 9.18. The van der Waals surface area contributed by atoms with Gasteiger partial charge in [-0.3, -0.25) is 5.10 Å². The molecule has 1 N–H and O–H groups in total. The molecule has 0 saturated carbocycles. The van der Waals surface area contributed by atoms with Crippen molar-refractivity contribution < 1.29 is 0 Å². The Morgan fingerprint density at radius 3 is 2.57 bits per heavy atom. The number of benzene rings is 1. The first-order valence-corrected chi connectivity index (χ1v) is 4.94. The van der Waals surface area contributed by atoms with Crippen LogP contribution in [-0.2, 0) is 5.41 Å². The predicted octanol–water partition coefficient (Wildman–Crippen LogP) is 3.17. The number of rotatable bonds is 0. The molecule has 1 heterocycles. The van der Waals surface area contributed by atoms with E-state index < -0.39 is 0 Å². The number of hydrogen-bond donors (Lipinski definition) is 1. The number of H-pyrrole nitrogens is 1. The molecule has 0 saturated heterocycles. The monoisotopic (exact) mass is 188 g/mol. The van der Waals surface area contributed by atoms with Gasteiger partial charge in [0.1, 0.15) is 0 Å². The largest absolute Gasteiger partial charge is 0.282 e. The first-order valence-electron chi connectivity index (χ1n) is 4.94. The van der Waals surface area contributed by atoms with Gasteiger partial charge in [0.2, 0.25) is 0 Å². The summed E-state index contributed by atoms with van der Waals surface area (Å²) in [4.78, 5) is 0. The summed E-state index contributed by atoms with van der Waals surface area (Å²) in [6.45, 7) is 8.73. The molecular formula is C12H16N2. The summed E-state index contributed by atoms with van der Waals surface area (Å²) in [5.74, 6) is 0. The molecule has 1 aromatic heterocycles. The summed E-state index contributed by atoms with van der Waals surface area (Å²) in [5.41, 5.74) is 3.76. The summed E-state index contributed by atoms with van der Waals surface area (Å²) in [5, 5.41) is 8.46. The van der Waals surface area contributed by atoms with Crippen molar-refractivity contribution in [3.05, 3.63) is 29.5 Å². The van der Waals surface area contributed by atoms with Gasteiger partial charge in [0.15, 0.2) is 0 Å². The lowest BCUT2D eigenvalue weighted by Gasteiger charge is -2.18. The number of hydrogen-bond acceptors (Lipinski definition) is 1. The van der Waals surface area contributed by atoms with Crippen molar-refractivity contribution >= 4 is 10.9 Å². The van der Waals surface area contributed by atoms with Crippen LogP contribution < -0.4 is 0 Å². The van der Waals surface area contributed by atoms with Crippen LogP contribution in [0, 0.1) is 6.92 Å². The number of fused-ring (bicyclic) bond motifs is 1. The normalized spacial score (nSPS) is 12.3. The summed E-state index contributed by atoms with van der Waals surface area (Å²) >= 11 is 0. The number of aryl methyl sites for hydroxylation is 1. The topological polar surface area (TPSA) is 28.7 Å². The second-order valence-corrected chi connectivity index (χ2v) is 4.83. The van der Waals surface area contributed by atoms with Gasteiger partial charge in [-0.05, 0) is 30.0 Å². The molecule has 0 radical (unpaired) electrons. The SMILES string of the molecule is Cc1[nH]nc2ccc(C(C)(C)C)cc12. The molecule has 2 rings (SSSR count). The molecule has 0 unspecified atom stereocenters. The van der Waals surface area contributed by atoms with Crippen molar-refractivity contribution in [1.29, 1.82) is 0 Å². The van der Waals surface area contributed by atoms with E-state index in [1.165, 1.54) is 10.9 Å². The van der Waals surface area contributed by atoms with Crippen molar-refractivity contribution in [2.45, 2.75) is 33.1 Å². The highest BCUT2D eigenvalue weighted by Crippen LogP contribution is 2.26. The van der Waals surface area contributed by atoms with E-state index in [1.54, 1.807) is 0 Å². The molecule has 0 aliphatic rings. The molecule has 2 heteroatoms. The molecule has 1 aromatic carbocycles. The van der Waals surface area contributed by atoms with Gasteiger partial charge in [0.05, 0.1) is 5.52 Å². The molecule has 14 heavy (non-hydrogen) atoms. The smallest absolute Gasteiger partial charge is 0.0923 e. The van der Waals surface area contributed by atoms with Gasteiger partial charge in [-0.1, -0.05) is 26.8 Å². The third-order valence-electron chi connectivity index (χ3n) is 2.61. The van der Waals surface area contributed by atoms with Gasteiger partial charge in [-0.25, -0.2) is 0 Å². The van der Waals surface area contributed by atoms with Crippen molar-refractivity contribution in [1.82, 2.24) is 10.2 Å². The third kappa shape index (κ3) is 1.41. The van der Waals surface area contributed by atoms with Crippen molar-refractivity contribution in [3.8, 4) is 0 Å². The van der Waals surface area contributed by atoms with E-state index in [0.717, 1.165) is 11.2 Å². The van der Waals surface area contributed by atoms with Crippen LogP contribution in [0.15, 0.2) is 18.2 Å². The van der Waals surface area contributed by atoms with Crippen molar-refractivity contribution in [3.63, 3.8) is 0 Å². The van der Waals surface area contributed by atoms with Gasteiger partial charge in [-0.2, -0.15) is 5.10 Å². The van der Waals surface area contributed by atoms with E-state index >= 15 is 0 Å². The molecule has 2 nitrogen and oxygen atoms in total. The Bertz CT molecular complexity index is 461. The molecule has 2 aromatic rings. The van der Waals surface area contributed by atoms with Crippen LogP contribution in [0.1, 0.15) is 32.0 Å². The zero-order valence-corrected chi connectivity index (χ0v) is 9.18. The third-order valence-corrected chi connectivity index (χ3v) is 2.61. The quantitative estimate of drug-likeness (QED) is 0.676. The Morgan fingerprint density at radius 1 is 1.21 bits per heavy atom. The summed E-state index contributed by atoms with van der Waals surface area (Å²) in [6, 6.07) is 6.47. The molecule has 0 fully saturated rings. The lowest BCUT2D eigenvalue weighted by atomic mass is 9.86. The van der Waals surface area contributed by atoms with E-state index in [2.05, 4.69) is 56.1 Å². The Kier molecular flexibility index (Phi) is 1.88. The maximum atomic E-state index is 4.22. The molecular weight excluding hydrogens is 172 g/mol. The summed E-state index contributed by atoms with van der Waals surface area (Å²) in [6.07, 6.45) is 0. The van der Waals surface area contributed by atoms with Crippen LogP contribution >= 0.6 is 0 Å². The Hall–Kier alpha value is -1.31. The minimum atomic E-state index is 0.206. The highest BCUT2D eigenvalue weighted by Gasteiger charge is 2.14. The molecule has 74 valence electrons. The molecule has 0 spiro atoms. The van der Waals surface area contributed by atoms with Crippen LogP contribution in [0.5, 0.6) is 0 Å². The second-order valence-electron chi connectivity index (χ2n) is 4.83. The first-order chi connectivity index (χ1) is 6.48. The zero-order chi connectivity index (χ0) is 10.3. The summed E-state index contributed by atoms with van der Waals surface area (Å²) in [7, 11) is 0. The fourth-order valence-electron chi connectivity index (χ4n) is 1.60. The van der Waals surface area contributed by atoms with E-state index in [0.29, 0.717) is 0 Å². The van der Waals surface area contributed by atoms with E-state index in [-0.39, 0.29) is 5.41 Å². The van der Waals surface area contributed by atoms with E-state index in [1.807, 2.05) is 0 Å². The van der Waals surface area contributed by atoms with Crippen LogP contribution in [0.4, 0.5) is 0 Å². The Labute approximate surface area is 84.3 Å². The Balaban J connectivity index is 2.66. The van der Waals surface area contributed by atoms with Crippen LogP contribution in [0.3, 0.4) is 0 Å². The van der Waals surface area contributed by atoms with Crippen LogP contribution in [-0.4, -0.2) is 10.2 Å². The number of aromatic nitrogens is 2. The average molecular weight is 188 g/mol. The van der Waals surface area contributed by atoms with E-state index in [9.17, 15) is 0 Å². The van der Waals surface area contributed by atoms with Crippen LogP contribution in [0.25, 0.3) is 10.9 Å². The Morgan fingerprint density at radius 2 is 1.93 bits per heavy atom. The highest BCUT2D eigenvalue weighted by molar-refractivity contribution is 5.82. The van der Waals surface area contributed by atoms with Gasteiger partial charge in [0, 0.05) is 11.1 Å².